The third kappa shape index (κ3) is 4.44. The Morgan fingerprint density at radius 1 is 1.03 bits per heavy atom. The van der Waals surface area contributed by atoms with Gasteiger partial charge < -0.3 is 14.4 Å². The summed E-state index contributed by atoms with van der Waals surface area (Å²) >= 11 is 6.18. The maximum absolute atomic E-state index is 11.8. The molecule has 3 aromatic carbocycles. The number of aryl methyl sites for hydroxylation is 1. The third-order valence-electron chi connectivity index (χ3n) is 5.41. The molecule has 0 amide bonds. The van der Waals surface area contributed by atoms with E-state index in [0.29, 0.717) is 38.7 Å². The first-order valence-electron chi connectivity index (χ1n) is 10.1. The lowest BCUT2D eigenvalue weighted by Gasteiger charge is -2.29. The van der Waals surface area contributed by atoms with Crippen LogP contribution in [0.2, 0.25) is 5.02 Å². The van der Waals surface area contributed by atoms with E-state index in [0.717, 1.165) is 5.56 Å². The fourth-order valence-electron chi connectivity index (χ4n) is 3.67. The molecule has 0 saturated heterocycles. The highest BCUT2D eigenvalue weighted by Crippen LogP contribution is 2.35. The zero-order valence-corrected chi connectivity index (χ0v) is 18.5. The van der Waals surface area contributed by atoms with E-state index in [2.05, 4.69) is 17.1 Å². The molecule has 33 heavy (non-hydrogen) atoms. The number of nitriles is 2. The number of halogens is 1. The molecule has 0 radical (unpaired) electrons. The molecule has 0 spiro atoms. The van der Waals surface area contributed by atoms with Crippen LogP contribution in [0.3, 0.4) is 0 Å². The van der Waals surface area contributed by atoms with Crippen LogP contribution in [-0.4, -0.2) is 21.3 Å². The van der Waals surface area contributed by atoms with Gasteiger partial charge in [-0.15, -0.1) is 0 Å². The molecule has 6 nitrogen and oxygen atoms in total. The van der Waals surface area contributed by atoms with Crippen molar-refractivity contribution in [3.8, 4) is 29.0 Å². The maximum atomic E-state index is 11.8. The van der Waals surface area contributed by atoms with Gasteiger partial charge in [-0.1, -0.05) is 35.9 Å². The molecular weight excluding hydrogens is 436 g/mol. The Morgan fingerprint density at radius 3 is 2.39 bits per heavy atom. The monoisotopic (exact) mass is 454 g/mol. The Labute approximate surface area is 196 Å². The first kappa shape index (κ1) is 22.1. The van der Waals surface area contributed by atoms with Crippen molar-refractivity contribution in [2.24, 2.45) is 7.05 Å². The quantitative estimate of drug-likeness (QED) is 0.451. The van der Waals surface area contributed by atoms with E-state index < -0.39 is 5.60 Å². The Bertz CT molecular complexity index is 1380. The van der Waals surface area contributed by atoms with Crippen LogP contribution in [0.4, 0.5) is 0 Å². The number of benzene rings is 3. The molecule has 0 aliphatic rings. The van der Waals surface area contributed by atoms with E-state index in [9.17, 15) is 10.4 Å². The van der Waals surface area contributed by atoms with Gasteiger partial charge in [0.2, 0.25) is 0 Å². The molecule has 4 rings (SSSR count). The van der Waals surface area contributed by atoms with E-state index >= 15 is 0 Å². The minimum Gasteiger partial charge on any atom is -0.489 e. The molecule has 0 bridgehead atoms. The smallest absolute Gasteiger partial charge is 0.165 e. The topological polar surface area (TPSA) is 94.9 Å². The zero-order chi connectivity index (χ0) is 23.4. The van der Waals surface area contributed by atoms with Crippen LogP contribution in [0.5, 0.6) is 5.75 Å². The summed E-state index contributed by atoms with van der Waals surface area (Å²) in [6.45, 7) is -0.127. The SMILES string of the molecule is Cn1cncc1C(O)(COc1ccc(C#N)cc1-c1cccc(Cl)c1)c1ccc(C#N)cc1. The average Bonchev–Trinajstić information content (AvgIpc) is 3.29. The first-order valence-corrected chi connectivity index (χ1v) is 10.4. The summed E-state index contributed by atoms with van der Waals surface area (Å²) in [5, 5.41) is 30.9. The number of rotatable bonds is 6. The average molecular weight is 455 g/mol. The summed E-state index contributed by atoms with van der Waals surface area (Å²) in [6, 6.07) is 23.3. The standard InChI is InChI=1S/C26H19ClN4O2/c1-31-17-30-15-25(31)26(32,21-8-5-18(13-28)6-9-21)16-33-24-10-7-19(14-29)11-23(24)20-3-2-4-22(27)12-20/h2-12,15,17,32H,16H2,1H3. The van der Waals surface area contributed by atoms with E-state index in [4.69, 9.17) is 21.6 Å². The molecule has 1 atom stereocenters. The normalized spacial score (nSPS) is 12.4. The highest BCUT2D eigenvalue weighted by atomic mass is 35.5. The lowest BCUT2D eigenvalue weighted by molar-refractivity contribution is 0.0218. The Kier molecular flexibility index (Phi) is 6.15. The van der Waals surface area contributed by atoms with Gasteiger partial charge in [-0.05, 0) is 53.6 Å². The molecule has 1 N–H and O–H groups in total. The number of imidazole rings is 1. The second kappa shape index (κ2) is 9.18. The molecule has 7 heteroatoms. The van der Waals surface area contributed by atoms with Crippen LogP contribution >= 0.6 is 11.6 Å². The van der Waals surface area contributed by atoms with Gasteiger partial charge in [0.15, 0.2) is 5.60 Å². The number of ether oxygens (including phenoxy) is 1. The van der Waals surface area contributed by atoms with Crippen LogP contribution in [0.25, 0.3) is 11.1 Å². The third-order valence-corrected chi connectivity index (χ3v) is 5.65. The molecule has 162 valence electrons. The lowest BCUT2D eigenvalue weighted by Crippen LogP contribution is -2.36. The minimum absolute atomic E-state index is 0.127. The fourth-order valence-corrected chi connectivity index (χ4v) is 3.86. The largest absolute Gasteiger partial charge is 0.489 e. The molecule has 0 aliphatic heterocycles. The van der Waals surface area contributed by atoms with E-state index in [1.165, 1.54) is 0 Å². The van der Waals surface area contributed by atoms with Gasteiger partial charge in [-0.25, -0.2) is 4.98 Å². The summed E-state index contributed by atoms with van der Waals surface area (Å²) in [5.41, 5.74) is 1.99. The van der Waals surface area contributed by atoms with E-state index in [1.54, 1.807) is 78.7 Å². The van der Waals surface area contributed by atoms with Crippen LogP contribution in [0.1, 0.15) is 22.4 Å². The molecule has 0 saturated carbocycles. The van der Waals surface area contributed by atoms with Crippen molar-refractivity contribution < 1.29 is 9.84 Å². The predicted molar refractivity (Wildman–Crippen MR) is 124 cm³/mol. The fraction of sp³-hybridized carbons (Fsp3) is 0.115. The number of aromatic nitrogens is 2. The molecule has 4 aromatic rings. The van der Waals surface area contributed by atoms with Crippen molar-refractivity contribution in [2.75, 3.05) is 6.61 Å². The van der Waals surface area contributed by atoms with Crippen molar-refractivity contribution in [3.63, 3.8) is 0 Å². The first-order chi connectivity index (χ1) is 15.9. The summed E-state index contributed by atoms with van der Waals surface area (Å²) in [7, 11) is 1.79. The summed E-state index contributed by atoms with van der Waals surface area (Å²) in [4.78, 5) is 4.14. The molecule has 1 aromatic heterocycles. The predicted octanol–water partition coefficient (Wildman–Crippen LogP) is 4.80. The number of nitrogens with zero attached hydrogens (tertiary/aromatic N) is 4. The van der Waals surface area contributed by atoms with Crippen molar-refractivity contribution in [1.29, 1.82) is 10.5 Å². The van der Waals surface area contributed by atoms with Gasteiger partial charge in [0, 0.05) is 17.6 Å². The lowest BCUT2D eigenvalue weighted by atomic mass is 9.90. The van der Waals surface area contributed by atoms with Gasteiger partial charge in [0.05, 0.1) is 41.5 Å². The maximum Gasteiger partial charge on any atom is 0.165 e. The van der Waals surface area contributed by atoms with E-state index in [-0.39, 0.29) is 6.61 Å². The number of aliphatic hydroxyl groups is 1. The Balaban J connectivity index is 1.75. The minimum atomic E-state index is -1.54. The second-order valence-corrected chi connectivity index (χ2v) is 8.00. The van der Waals surface area contributed by atoms with Gasteiger partial charge in [-0.2, -0.15) is 10.5 Å². The van der Waals surface area contributed by atoms with Crippen molar-refractivity contribution in [3.05, 3.63) is 107 Å². The van der Waals surface area contributed by atoms with Gasteiger partial charge in [0.1, 0.15) is 12.4 Å². The second-order valence-electron chi connectivity index (χ2n) is 7.56. The highest BCUT2D eigenvalue weighted by Gasteiger charge is 2.36. The molecule has 0 fully saturated rings. The van der Waals surface area contributed by atoms with Gasteiger partial charge in [-0.3, -0.25) is 0 Å². The molecule has 0 aliphatic carbocycles. The van der Waals surface area contributed by atoms with Crippen LogP contribution in [0.15, 0.2) is 79.3 Å². The van der Waals surface area contributed by atoms with Crippen LogP contribution in [-0.2, 0) is 12.6 Å². The van der Waals surface area contributed by atoms with Crippen molar-refractivity contribution in [2.45, 2.75) is 5.60 Å². The number of hydrogen-bond acceptors (Lipinski definition) is 5. The Morgan fingerprint density at radius 2 is 1.76 bits per heavy atom. The number of hydrogen-bond donors (Lipinski definition) is 1. The summed E-state index contributed by atoms with van der Waals surface area (Å²) in [6.07, 6.45) is 3.18. The Hall–Kier alpha value is -4.10. The molecule has 1 unspecified atom stereocenters. The van der Waals surface area contributed by atoms with Gasteiger partial charge >= 0.3 is 0 Å². The highest BCUT2D eigenvalue weighted by molar-refractivity contribution is 6.30. The van der Waals surface area contributed by atoms with Crippen molar-refractivity contribution in [1.82, 2.24) is 9.55 Å². The summed E-state index contributed by atoms with van der Waals surface area (Å²) in [5.74, 6) is 0.491. The summed E-state index contributed by atoms with van der Waals surface area (Å²) < 4.78 is 7.90. The van der Waals surface area contributed by atoms with Crippen molar-refractivity contribution >= 4 is 11.6 Å². The van der Waals surface area contributed by atoms with Gasteiger partial charge in [0.25, 0.3) is 0 Å². The molecule has 1 heterocycles. The van der Waals surface area contributed by atoms with Crippen LogP contribution < -0.4 is 4.74 Å². The zero-order valence-electron chi connectivity index (χ0n) is 17.7. The van der Waals surface area contributed by atoms with Crippen LogP contribution in [0, 0.1) is 22.7 Å². The molecular formula is C26H19ClN4O2. The van der Waals surface area contributed by atoms with E-state index in [1.807, 2.05) is 12.1 Å².